The average Bonchev–Trinajstić information content (AvgIpc) is 2.67. The Hall–Kier alpha value is -3.20. The monoisotopic (exact) mass is 390 g/mol. The van der Waals surface area contributed by atoms with Gasteiger partial charge in [0.25, 0.3) is 17.3 Å². The van der Waals surface area contributed by atoms with Crippen LogP contribution < -0.4 is 4.90 Å². The Kier molecular flexibility index (Phi) is 5.22. The van der Waals surface area contributed by atoms with Crippen molar-refractivity contribution in [2.75, 3.05) is 31.1 Å². The van der Waals surface area contributed by atoms with E-state index >= 15 is 0 Å². The van der Waals surface area contributed by atoms with E-state index in [0.29, 0.717) is 31.2 Å². The van der Waals surface area contributed by atoms with Crippen molar-refractivity contribution < 1.29 is 14.6 Å². The summed E-state index contributed by atoms with van der Waals surface area (Å²) in [6.07, 6.45) is 0. The molecule has 0 unspecified atom stereocenters. The molecule has 1 fully saturated rings. The number of nitro groups is 2. The molecule has 10 heteroatoms. The predicted octanol–water partition coefficient (Wildman–Crippen LogP) is 3.12. The maximum atomic E-state index is 12.7. The van der Waals surface area contributed by atoms with Crippen LogP contribution in [0.15, 0.2) is 42.5 Å². The van der Waals surface area contributed by atoms with Crippen LogP contribution in [0.5, 0.6) is 0 Å². The van der Waals surface area contributed by atoms with E-state index in [0.717, 1.165) is 23.9 Å². The van der Waals surface area contributed by atoms with Gasteiger partial charge in [-0.1, -0.05) is 11.6 Å². The zero-order valence-electron chi connectivity index (χ0n) is 14.1. The summed E-state index contributed by atoms with van der Waals surface area (Å²) < 4.78 is 0. The van der Waals surface area contributed by atoms with Crippen LogP contribution in [-0.4, -0.2) is 46.8 Å². The van der Waals surface area contributed by atoms with Gasteiger partial charge < -0.3 is 9.80 Å². The molecule has 0 radical (unpaired) electrons. The Balaban J connectivity index is 1.74. The fourth-order valence-electron chi connectivity index (χ4n) is 2.93. The summed E-state index contributed by atoms with van der Waals surface area (Å²) >= 11 is 5.89. The zero-order chi connectivity index (χ0) is 19.6. The summed E-state index contributed by atoms with van der Waals surface area (Å²) in [6.45, 7) is 1.95. The second-order valence-corrected chi connectivity index (χ2v) is 6.44. The summed E-state index contributed by atoms with van der Waals surface area (Å²) in [5, 5.41) is 22.6. The highest BCUT2D eigenvalue weighted by molar-refractivity contribution is 6.30. The molecule has 0 aromatic heterocycles. The number of carbonyl (C=O) groups excluding carboxylic acids is 1. The number of carbonyl (C=O) groups is 1. The molecule has 3 rings (SSSR count). The molecule has 0 saturated carbocycles. The Bertz CT molecular complexity index is 862. The summed E-state index contributed by atoms with van der Waals surface area (Å²) in [5.74, 6) is -0.461. The highest BCUT2D eigenvalue weighted by Crippen LogP contribution is 2.25. The van der Waals surface area contributed by atoms with Crippen molar-refractivity contribution in [2.24, 2.45) is 0 Å². The maximum Gasteiger partial charge on any atom is 0.277 e. The summed E-state index contributed by atoms with van der Waals surface area (Å²) in [4.78, 5) is 36.8. The van der Waals surface area contributed by atoms with Crippen LogP contribution in [0.3, 0.4) is 0 Å². The minimum atomic E-state index is -0.748. The fourth-order valence-corrected chi connectivity index (χ4v) is 3.06. The normalized spacial score (nSPS) is 14.1. The Morgan fingerprint density at radius 1 is 0.889 bits per heavy atom. The van der Waals surface area contributed by atoms with Gasteiger partial charge in [0.05, 0.1) is 21.5 Å². The van der Waals surface area contributed by atoms with Gasteiger partial charge in [-0.05, 0) is 24.3 Å². The summed E-state index contributed by atoms with van der Waals surface area (Å²) in [7, 11) is 0. The van der Waals surface area contributed by atoms with E-state index in [9.17, 15) is 25.0 Å². The number of anilines is 1. The molecular weight excluding hydrogens is 376 g/mol. The molecule has 0 aliphatic carbocycles. The molecule has 0 spiro atoms. The first-order valence-electron chi connectivity index (χ1n) is 8.09. The van der Waals surface area contributed by atoms with E-state index in [1.165, 1.54) is 4.90 Å². The molecule has 0 bridgehead atoms. The van der Waals surface area contributed by atoms with Crippen LogP contribution in [0, 0.1) is 20.2 Å². The van der Waals surface area contributed by atoms with E-state index in [1.54, 1.807) is 12.1 Å². The molecule has 2 aromatic carbocycles. The summed E-state index contributed by atoms with van der Waals surface area (Å²) in [6, 6.07) is 10.3. The first-order valence-corrected chi connectivity index (χ1v) is 8.46. The predicted molar refractivity (Wildman–Crippen MR) is 99.3 cm³/mol. The quantitative estimate of drug-likeness (QED) is 0.586. The number of piperazine rings is 1. The second-order valence-electron chi connectivity index (χ2n) is 6.01. The van der Waals surface area contributed by atoms with Crippen LogP contribution in [0.2, 0.25) is 5.02 Å². The SMILES string of the molecule is O=C(c1cc([N+](=O)[O-])cc([N+](=O)[O-])c1)N1CCN(c2ccc(Cl)cc2)CC1. The lowest BCUT2D eigenvalue weighted by Gasteiger charge is -2.36. The van der Waals surface area contributed by atoms with Crippen molar-refractivity contribution in [2.45, 2.75) is 0 Å². The first-order chi connectivity index (χ1) is 12.8. The van der Waals surface area contributed by atoms with Gasteiger partial charge in [-0.15, -0.1) is 0 Å². The van der Waals surface area contributed by atoms with Gasteiger partial charge in [-0.3, -0.25) is 25.0 Å². The van der Waals surface area contributed by atoms with Crippen LogP contribution in [0.1, 0.15) is 10.4 Å². The van der Waals surface area contributed by atoms with Crippen molar-refractivity contribution >= 4 is 34.6 Å². The molecule has 1 heterocycles. The van der Waals surface area contributed by atoms with Gasteiger partial charge >= 0.3 is 0 Å². The Morgan fingerprint density at radius 2 is 1.41 bits per heavy atom. The molecule has 1 amide bonds. The fraction of sp³-hybridized carbons (Fsp3) is 0.235. The van der Waals surface area contributed by atoms with Crippen LogP contribution in [0.4, 0.5) is 17.1 Å². The maximum absolute atomic E-state index is 12.7. The number of benzene rings is 2. The number of halogens is 1. The van der Waals surface area contributed by atoms with Gasteiger partial charge in [-0.25, -0.2) is 0 Å². The van der Waals surface area contributed by atoms with Gasteiger partial charge in [0, 0.05) is 49.0 Å². The number of hydrogen-bond donors (Lipinski definition) is 0. The second kappa shape index (κ2) is 7.58. The van der Waals surface area contributed by atoms with E-state index in [-0.39, 0.29) is 5.56 Å². The van der Waals surface area contributed by atoms with Crippen molar-refractivity contribution in [3.8, 4) is 0 Å². The first kappa shape index (κ1) is 18.6. The van der Waals surface area contributed by atoms with E-state index < -0.39 is 27.1 Å². The molecule has 1 aliphatic heterocycles. The third-order valence-electron chi connectivity index (χ3n) is 4.33. The van der Waals surface area contributed by atoms with E-state index in [4.69, 9.17) is 11.6 Å². The van der Waals surface area contributed by atoms with Crippen molar-refractivity contribution in [3.63, 3.8) is 0 Å². The molecule has 9 nitrogen and oxygen atoms in total. The number of hydrogen-bond acceptors (Lipinski definition) is 6. The minimum absolute atomic E-state index is 0.0594. The molecule has 140 valence electrons. The van der Waals surface area contributed by atoms with Crippen LogP contribution in [-0.2, 0) is 0 Å². The number of nitrogens with zero attached hydrogens (tertiary/aromatic N) is 4. The Labute approximate surface area is 159 Å². The molecule has 2 aromatic rings. The Morgan fingerprint density at radius 3 is 1.89 bits per heavy atom. The molecule has 1 saturated heterocycles. The topological polar surface area (TPSA) is 110 Å². The highest BCUT2D eigenvalue weighted by Gasteiger charge is 2.26. The molecular formula is C17H15ClN4O5. The van der Waals surface area contributed by atoms with E-state index in [2.05, 4.69) is 4.90 Å². The number of non-ortho nitro benzene ring substituents is 2. The van der Waals surface area contributed by atoms with Gasteiger partial charge in [0.1, 0.15) is 0 Å². The third-order valence-corrected chi connectivity index (χ3v) is 4.58. The standard InChI is InChI=1S/C17H15ClN4O5/c18-13-1-3-14(4-2-13)19-5-7-20(8-6-19)17(23)12-9-15(21(24)25)11-16(10-12)22(26)27/h1-4,9-11H,5-8H2. The minimum Gasteiger partial charge on any atom is -0.368 e. The van der Waals surface area contributed by atoms with Gasteiger partial charge in [0.15, 0.2) is 0 Å². The van der Waals surface area contributed by atoms with Gasteiger partial charge in [-0.2, -0.15) is 0 Å². The lowest BCUT2D eigenvalue weighted by atomic mass is 10.1. The zero-order valence-corrected chi connectivity index (χ0v) is 14.8. The largest absolute Gasteiger partial charge is 0.368 e. The van der Waals surface area contributed by atoms with Crippen LogP contribution >= 0.6 is 11.6 Å². The smallest absolute Gasteiger partial charge is 0.277 e. The van der Waals surface area contributed by atoms with Crippen LogP contribution in [0.25, 0.3) is 0 Å². The van der Waals surface area contributed by atoms with Crippen molar-refractivity contribution in [3.05, 3.63) is 73.3 Å². The number of rotatable bonds is 4. The lowest BCUT2D eigenvalue weighted by molar-refractivity contribution is -0.394. The molecule has 1 aliphatic rings. The van der Waals surface area contributed by atoms with Gasteiger partial charge in [0.2, 0.25) is 0 Å². The average molecular weight is 391 g/mol. The molecule has 27 heavy (non-hydrogen) atoms. The van der Waals surface area contributed by atoms with E-state index in [1.807, 2.05) is 12.1 Å². The number of nitro benzene ring substituents is 2. The molecule has 0 atom stereocenters. The number of amides is 1. The summed E-state index contributed by atoms with van der Waals surface area (Å²) in [5.41, 5.74) is -0.0342. The highest BCUT2D eigenvalue weighted by atomic mass is 35.5. The van der Waals surface area contributed by atoms with Crippen molar-refractivity contribution in [1.82, 2.24) is 4.90 Å². The lowest BCUT2D eigenvalue weighted by Crippen LogP contribution is -2.48. The third kappa shape index (κ3) is 4.14. The van der Waals surface area contributed by atoms with Crippen molar-refractivity contribution in [1.29, 1.82) is 0 Å². The molecule has 0 N–H and O–H groups in total.